The minimum Gasteiger partial charge on any atom is -0.228 e. The van der Waals surface area contributed by atoms with Crippen molar-refractivity contribution in [2.24, 2.45) is 0 Å². The third kappa shape index (κ3) is 12.9. The Morgan fingerprint density at radius 2 is 0.473 bits per heavy atom. The molecule has 20 aromatic carbocycles. The molecule has 0 amide bonds. The SMILES string of the molecule is CC1(C)c2ccccc2-c2cc(-c3ccc(-c4nc(-c5ccccc5)c5ccccc5n4)c4ccccc34)c3ccccc3c21.CC1(C)c2ccccc2-c2ccc3c(-c4ccc(-c5nc(-c6ccccc6)c6ccc7ccccc7c6n5)cc4)cccc3c21.CC1(C)c2ccccc2-c2ccc3c(-c4ccc(-c5nc(-c6ccccc6)c6ccccc6n5)cc4)cccc3c21. The van der Waals surface area contributed by atoms with E-state index in [4.69, 9.17) is 29.9 Å². The van der Waals surface area contributed by atoms with Crippen LogP contribution in [0.15, 0.2) is 425 Å². The molecule has 3 aliphatic rings. The zero-order chi connectivity index (χ0) is 87.8. The molecule has 26 rings (SSSR count). The van der Waals surface area contributed by atoms with Crippen molar-refractivity contribution in [2.75, 3.05) is 0 Å². The van der Waals surface area contributed by atoms with E-state index in [1.54, 1.807) is 0 Å². The summed E-state index contributed by atoms with van der Waals surface area (Å²) in [7, 11) is 0. The Balaban J connectivity index is 0.000000109. The van der Waals surface area contributed by atoms with E-state index < -0.39 is 0 Å². The summed E-state index contributed by atoms with van der Waals surface area (Å²) in [5, 5.41) is 15.7. The lowest BCUT2D eigenvalue weighted by atomic mass is 9.79. The number of nitrogens with zero attached hydrogens (tertiary/aromatic N) is 6. The van der Waals surface area contributed by atoms with E-state index in [9.17, 15) is 0 Å². The Bertz CT molecular complexity index is 8590. The number of benzene rings is 20. The fraction of sp³-hybridized carbons (Fsp3) is 0.0720. The molecule has 0 aliphatic heterocycles. The van der Waals surface area contributed by atoms with Crippen LogP contribution in [-0.4, -0.2) is 29.9 Å². The lowest BCUT2D eigenvalue weighted by molar-refractivity contribution is 0.666. The number of fused-ring (bicyclic) bond motifs is 21. The highest BCUT2D eigenvalue weighted by Gasteiger charge is 2.40. The maximum Gasteiger partial charge on any atom is 0.161 e. The molecular weight excluding hydrogens is 1590 g/mol. The number of hydrogen-bond acceptors (Lipinski definition) is 6. The summed E-state index contributed by atoms with van der Waals surface area (Å²) in [6.45, 7) is 14.1. The van der Waals surface area contributed by atoms with Gasteiger partial charge in [0, 0.05) is 71.2 Å². The fourth-order valence-corrected chi connectivity index (χ4v) is 21.9. The standard InChI is InChI=1S/2C43H30N2.C39H28N2/c1-43(2)38-22-12-10-19-32(38)37-26-36(30-18-8-9-20-33(30)40(37)43)31-24-25-34(29-17-7-6-16-28(29)31)42-44-39-23-13-11-21-35(39)41(45-42)27-14-4-3-5-15-27;1-43(2)38-18-9-8-15-34(38)36-26-25-33-31(16-10-17-35(33)39(36)43)28-19-21-30(22-20-28)42-44-40(29-12-4-3-5-13-29)37-24-23-27-11-6-7-14-32(27)41(37)45-42;1-39(2)34-17-8-6-13-30(34)32-24-23-29-28(15-10-16-31(29)36(32)39)25-19-21-27(22-20-25)38-40-35-18-9-7-14-33(35)37(41-38)26-11-4-3-5-12-26/h2*3-26H,1-2H3;3-24H,1-2H3. The van der Waals surface area contributed by atoms with Gasteiger partial charge < -0.3 is 0 Å². The van der Waals surface area contributed by atoms with Gasteiger partial charge in [0.15, 0.2) is 17.5 Å². The molecule has 6 heteroatoms. The van der Waals surface area contributed by atoms with Crippen molar-refractivity contribution in [1.82, 2.24) is 29.9 Å². The Morgan fingerprint density at radius 1 is 0.160 bits per heavy atom. The summed E-state index contributed by atoms with van der Waals surface area (Å²) in [5.41, 5.74) is 35.8. The molecule has 3 aliphatic carbocycles. The molecule has 3 heterocycles. The van der Waals surface area contributed by atoms with Crippen molar-refractivity contribution in [3.8, 4) is 135 Å². The number of hydrogen-bond donors (Lipinski definition) is 0. The Morgan fingerprint density at radius 3 is 0.962 bits per heavy atom. The van der Waals surface area contributed by atoms with Crippen molar-refractivity contribution in [3.63, 3.8) is 0 Å². The van der Waals surface area contributed by atoms with Gasteiger partial charge >= 0.3 is 0 Å². The maximum atomic E-state index is 5.22. The van der Waals surface area contributed by atoms with Crippen LogP contribution < -0.4 is 0 Å². The number of aromatic nitrogens is 6. The van der Waals surface area contributed by atoms with Crippen LogP contribution in [-0.2, 0) is 16.2 Å². The van der Waals surface area contributed by atoms with Gasteiger partial charge in [-0.2, -0.15) is 0 Å². The van der Waals surface area contributed by atoms with Gasteiger partial charge in [-0.15, -0.1) is 0 Å². The second kappa shape index (κ2) is 31.0. The van der Waals surface area contributed by atoms with Crippen LogP contribution in [0.25, 0.3) is 221 Å². The molecule has 0 unspecified atom stereocenters. The second-order valence-electron chi connectivity index (χ2n) is 36.5. The first kappa shape index (κ1) is 78.2. The van der Waals surface area contributed by atoms with Gasteiger partial charge in [-0.3, -0.25) is 0 Å². The van der Waals surface area contributed by atoms with Crippen molar-refractivity contribution >= 4 is 86.6 Å². The summed E-state index contributed by atoms with van der Waals surface area (Å²) in [5.74, 6) is 2.22. The van der Waals surface area contributed by atoms with Crippen LogP contribution in [0.2, 0.25) is 0 Å². The van der Waals surface area contributed by atoms with E-state index in [0.29, 0.717) is 0 Å². The molecule has 0 saturated carbocycles. The zero-order valence-electron chi connectivity index (χ0n) is 73.6. The summed E-state index contributed by atoms with van der Waals surface area (Å²) < 4.78 is 0. The van der Waals surface area contributed by atoms with Gasteiger partial charge in [0.1, 0.15) is 0 Å². The van der Waals surface area contributed by atoms with E-state index in [0.717, 1.165) is 111 Å². The molecule has 3 aromatic heterocycles. The summed E-state index contributed by atoms with van der Waals surface area (Å²) in [6, 6.07) is 152. The van der Waals surface area contributed by atoms with E-state index in [1.807, 2.05) is 36.4 Å². The van der Waals surface area contributed by atoms with Gasteiger partial charge in [0.05, 0.1) is 33.6 Å². The van der Waals surface area contributed by atoms with Crippen molar-refractivity contribution < 1.29 is 0 Å². The lowest BCUT2D eigenvalue weighted by Gasteiger charge is -2.24. The van der Waals surface area contributed by atoms with Gasteiger partial charge in [0.25, 0.3) is 0 Å². The van der Waals surface area contributed by atoms with Crippen molar-refractivity contribution in [1.29, 1.82) is 0 Å². The molecule has 131 heavy (non-hydrogen) atoms. The second-order valence-corrected chi connectivity index (χ2v) is 36.5. The fourth-order valence-electron chi connectivity index (χ4n) is 21.9. The topological polar surface area (TPSA) is 77.3 Å². The smallest absolute Gasteiger partial charge is 0.161 e. The highest BCUT2D eigenvalue weighted by molar-refractivity contribution is 6.15. The molecular formula is C125H88N6. The van der Waals surface area contributed by atoms with Crippen LogP contribution in [0.5, 0.6) is 0 Å². The highest BCUT2D eigenvalue weighted by atomic mass is 14.9. The van der Waals surface area contributed by atoms with Crippen LogP contribution in [0.4, 0.5) is 0 Å². The van der Waals surface area contributed by atoms with Crippen molar-refractivity contribution in [3.05, 3.63) is 458 Å². The molecule has 0 N–H and O–H groups in total. The predicted octanol–water partition coefficient (Wildman–Crippen LogP) is 32.6. The number of rotatable bonds is 9. The zero-order valence-corrected chi connectivity index (χ0v) is 73.6. The van der Waals surface area contributed by atoms with E-state index in [-0.39, 0.29) is 16.2 Å². The van der Waals surface area contributed by atoms with Crippen molar-refractivity contribution in [2.45, 2.75) is 57.8 Å². The first-order valence-electron chi connectivity index (χ1n) is 45.4. The molecule has 0 atom stereocenters. The summed E-state index contributed by atoms with van der Waals surface area (Å²) in [4.78, 5) is 30.7. The Hall–Kier alpha value is -16.3. The molecule has 6 nitrogen and oxygen atoms in total. The third-order valence-electron chi connectivity index (χ3n) is 28.0. The number of para-hydroxylation sites is 2. The van der Waals surface area contributed by atoms with Crippen LogP contribution in [0.1, 0.15) is 74.9 Å². The quantitative estimate of drug-likeness (QED) is 0.134. The van der Waals surface area contributed by atoms with Gasteiger partial charge in [-0.25, -0.2) is 29.9 Å². The minimum atomic E-state index is -0.0696. The normalized spacial score (nSPS) is 13.3. The molecule has 0 spiro atoms. The van der Waals surface area contributed by atoms with E-state index >= 15 is 0 Å². The van der Waals surface area contributed by atoms with Gasteiger partial charge in [0.2, 0.25) is 0 Å². The monoisotopic (exact) mass is 1670 g/mol. The minimum absolute atomic E-state index is 0.0438. The largest absolute Gasteiger partial charge is 0.228 e. The first-order valence-corrected chi connectivity index (χ1v) is 45.4. The molecule has 0 fully saturated rings. The summed E-state index contributed by atoms with van der Waals surface area (Å²) in [6.07, 6.45) is 0. The van der Waals surface area contributed by atoms with Crippen LogP contribution >= 0.6 is 0 Å². The molecule has 0 bridgehead atoms. The van der Waals surface area contributed by atoms with Crippen LogP contribution in [0, 0.1) is 0 Å². The Labute approximate surface area is 761 Å². The first-order chi connectivity index (χ1) is 64.3. The van der Waals surface area contributed by atoms with Crippen LogP contribution in [0.3, 0.4) is 0 Å². The highest BCUT2D eigenvalue weighted by Crippen LogP contribution is 2.57. The summed E-state index contributed by atoms with van der Waals surface area (Å²) >= 11 is 0. The predicted molar refractivity (Wildman–Crippen MR) is 548 cm³/mol. The van der Waals surface area contributed by atoms with E-state index in [2.05, 4.69) is 430 Å². The van der Waals surface area contributed by atoms with Gasteiger partial charge in [-0.05, 0) is 179 Å². The average Bonchev–Trinajstić information content (AvgIpc) is 1.59. The molecule has 0 radical (unpaired) electrons. The molecule has 618 valence electrons. The lowest BCUT2D eigenvalue weighted by Crippen LogP contribution is -2.15. The van der Waals surface area contributed by atoms with Gasteiger partial charge in [-0.1, -0.05) is 436 Å². The maximum absolute atomic E-state index is 5.22. The van der Waals surface area contributed by atoms with E-state index in [1.165, 1.54) is 143 Å². The average molecular weight is 1670 g/mol. The third-order valence-corrected chi connectivity index (χ3v) is 28.0. The molecule has 23 aromatic rings. The Kier molecular flexibility index (Phi) is 18.5. The molecule has 0 saturated heterocycles.